The lowest BCUT2D eigenvalue weighted by Crippen LogP contribution is -2.34. The van der Waals surface area contributed by atoms with Crippen LogP contribution in [0.2, 0.25) is 0 Å². The molecule has 0 radical (unpaired) electrons. The summed E-state index contributed by atoms with van der Waals surface area (Å²) in [6.45, 7) is 2.48. The van der Waals surface area contributed by atoms with Gasteiger partial charge in [-0.3, -0.25) is 4.90 Å². The second kappa shape index (κ2) is 9.22. The highest BCUT2D eigenvalue weighted by Gasteiger charge is 2.14. The highest BCUT2D eigenvalue weighted by Crippen LogP contribution is 2.12. The highest BCUT2D eigenvalue weighted by molar-refractivity contribution is 5.14. The minimum absolute atomic E-state index is 0.254. The number of furan rings is 2. The first-order valence-corrected chi connectivity index (χ1v) is 8.36. The normalized spacial score (nSPS) is 12.6. The van der Waals surface area contributed by atoms with E-state index in [-0.39, 0.29) is 6.61 Å². The smallest absolute Gasteiger partial charge is 0.129 e. The molecular formula is C20H23NO4. The maximum atomic E-state index is 10.3. The average molecular weight is 341 g/mol. The molecule has 0 fully saturated rings. The zero-order valence-corrected chi connectivity index (χ0v) is 14.1. The van der Waals surface area contributed by atoms with Gasteiger partial charge < -0.3 is 18.7 Å². The number of benzene rings is 1. The summed E-state index contributed by atoms with van der Waals surface area (Å²) < 4.78 is 16.2. The molecule has 3 aromatic rings. The molecule has 3 rings (SSSR count). The molecule has 2 aromatic heterocycles. The third-order valence-electron chi connectivity index (χ3n) is 3.81. The number of rotatable bonds is 10. The zero-order chi connectivity index (χ0) is 17.3. The maximum Gasteiger partial charge on any atom is 0.129 e. The summed E-state index contributed by atoms with van der Waals surface area (Å²) in [5.74, 6) is 1.63. The van der Waals surface area contributed by atoms with Crippen molar-refractivity contribution in [2.45, 2.75) is 25.8 Å². The Labute approximate surface area is 147 Å². The molecule has 0 saturated carbocycles. The highest BCUT2D eigenvalue weighted by atomic mass is 16.5. The van der Waals surface area contributed by atoms with Gasteiger partial charge in [0.15, 0.2) is 0 Å². The molecule has 0 saturated heterocycles. The van der Waals surface area contributed by atoms with Crippen molar-refractivity contribution >= 4 is 0 Å². The maximum absolute atomic E-state index is 10.3. The van der Waals surface area contributed by atoms with E-state index in [2.05, 4.69) is 17.0 Å². The first-order valence-electron chi connectivity index (χ1n) is 8.36. The van der Waals surface area contributed by atoms with E-state index in [9.17, 15) is 5.11 Å². The quantitative estimate of drug-likeness (QED) is 0.612. The SMILES string of the molecule is O[C@H](COCc1ccco1)CN(Cc1ccccc1)Cc1ccco1. The second-order valence-corrected chi connectivity index (χ2v) is 5.98. The van der Waals surface area contributed by atoms with Crippen LogP contribution in [0.3, 0.4) is 0 Å². The van der Waals surface area contributed by atoms with E-state index in [1.807, 2.05) is 42.5 Å². The van der Waals surface area contributed by atoms with Gasteiger partial charge in [0.05, 0.1) is 31.8 Å². The summed E-state index contributed by atoms with van der Waals surface area (Å²) in [5, 5.41) is 10.3. The summed E-state index contributed by atoms with van der Waals surface area (Å²) >= 11 is 0. The first-order chi connectivity index (χ1) is 12.3. The van der Waals surface area contributed by atoms with Crippen LogP contribution < -0.4 is 0 Å². The minimum atomic E-state index is -0.589. The predicted octanol–water partition coefficient (Wildman–Crippen LogP) is 3.45. The monoisotopic (exact) mass is 341 g/mol. The molecule has 25 heavy (non-hydrogen) atoms. The summed E-state index contributed by atoms with van der Waals surface area (Å²) in [6.07, 6.45) is 2.69. The van der Waals surface area contributed by atoms with Crippen LogP contribution in [0.4, 0.5) is 0 Å². The van der Waals surface area contributed by atoms with Crippen molar-refractivity contribution in [2.24, 2.45) is 0 Å². The molecule has 2 heterocycles. The standard InChI is InChI=1S/C20H23NO4/c22-18(15-23-16-20-9-5-11-25-20)13-21(14-19-8-4-10-24-19)12-17-6-2-1-3-7-17/h1-11,18,22H,12-16H2/t18-/m0/s1. The van der Waals surface area contributed by atoms with Crippen molar-refractivity contribution in [3.63, 3.8) is 0 Å². The Bertz CT molecular complexity index is 695. The topological polar surface area (TPSA) is 59.0 Å². The molecule has 0 amide bonds. The molecule has 0 aliphatic carbocycles. The Balaban J connectivity index is 1.52. The van der Waals surface area contributed by atoms with Gasteiger partial charge in [-0.05, 0) is 29.8 Å². The Kier molecular flexibility index (Phi) is 6.45. The summed E-state index contributed by atoms with van der Waals surface area (Å²) in [5.41, 5.74) is 1.19. The Morgan fingerprint density at radius 1 is 0.880 bits per heavy atom. The number of nitrogens with zero attached hydrogens (tertiary/aromatic N) is 1. The molecule has 5 heteroatoms. The van der Waals surface area contributed by atoms with Crippen molar-refractivity contribution in [2.75, 3.05) is 13.2 Å². The zero-order valence-electron chi connectivity index (χ0n) is 14.1. The molecule has 1 atom stereocenters. The molecule has 132 valence electrons. The number of hydrogen-bond acceptors (Lipinski definition) is 5. The second-order valence-electron chi connectivity index (χ2n) is 5.98. The summed E-state index contributed by atoms with van der Waals surface area (Å²) in [4.78, 5) is 2.15. The fourth-order valence-corrected chi connectivity index (χ4v) is 2.69. The van der Waals surface area contributed by atoms with E-state index in [1.54, 1.807) is 12.5 Å². The number of hydrogen-bond donors (Lipinski definition) is 1. The van der Waals surface area contributed by atoms with Crippen LogP contribution in [0.25, 0.3) is 0 Å². The third kappa shape index (κ3) is 5.90. The van der Waals surface area contributed by atoms with Crippen molar-refractivity contribution in [1.29, 1.82) is 0 Å². The van der Waals surface area contributed by atoms with Crippen LogP contribution in [-0.4, -0.2) is 29.3 Å². The van der Waals surface area contributed by atoms with E-state index in [0.29, 0.717) is 19.7 Å². The Hall–Kier alpha value is -2.34. The third-order valence-corrected chi connectivity index (χ3v) is 3.81. The van der Waals surface area contributed by atoms with Gasteiger partial charge in [-0.15, -0.1) is 0 Å². The predicted molar refractivity (Wildman–Crippen MR) is 93.6 cm³/mol. The average Bonchev–Trinajstić information content (AvgIpc) is 3.29. The van der Waals surface area contributed by atoms with Gasteiger partial charge in [-0.2, -0.15) is 0 Å². The fourth-order valence-electron chi connectivity index (χ4n) is 2.69. The lowest BCUT2D eigenvalue weighted by molar-refractivity contribution is 0.00163. The largest absolute Gasteiger partial charge is 0.468 e. The van der Waals surface area contributed by atoms with Crippen LogP contribution in [0.1, 0.15) is 17.1 Å². The Morgan fingerprint density at radius 3 is 2.28 bits per heavy atom. The van der Waals surface area contributed by atoms with Gasteiger partial charge in [-0.25, -0.2) is 0 Å². The Morgan fingerprint density at radius 2 is 1.60 bits per heavy atom. The van der Waals surface area contributed by atoms with Crippen LogP contribution in [0.15, 0.2) is 76.0 Å². The van der Waals surface area contributed by atoms with Gasteiger partial charge >= 0.3 is 0 Å². The van der Waals surface area contributed by atoms with E-state index in [1.165, 1.54) is 5.56 Å². The van der Waals surface area contributed by atoms with Gasteiger partial charge in [-0.1, -0.05) is 30.3 Å². The van der Waals surface area contributed by atoms with Crippen LogP contribution in [0, 0.1) is 0 Å². The summed E-state index contributed by atoms with van der Waals surface area (Å²) in [7, 11) is 0. The number of aliphatic hydroxyl groups excluding tert-OH is 1. The van der Waals surface area contributed by atoms with Crippen LogP contribution in [0.5, 0.6) is 0 Å². The van der Waals surface area contributed by atoms with E-state index >= 15 is 0 Å². The first kappa shape index (κ1) is 17.5. The molecule has 0 spiro atoms. The van der Waals surface area contributed by atoms with Crippen molar-refractivity contribution in [3.05, 3.63) is 84.2 Å². The van der Waals surface area contributed by atoms with Gasteiger partial charge in [0.25, 0.3) is 0 Å². The van der Waals surface area contributed by atoms with Crippen molar-refractivity contribution < 1.29 is 18.7 Å². The fraction of sp³-hybridized carbons (Fsp3) is 0.300. The number of ether oxygens (including phenoxy) is 1. The van der Waals surface area contributed by atoms with Gasteiger partial charge in [0.1, 0.15) is 18.1 Å². The molecule has 1 aromatic carbocycles. The van der Waals surface area contributed by atoms with Gasteiger partial charge in [0.2, 0.25) is 0 Å². The molecule has 0 unspecified atom stereocenters. The minimum Gasteiger partial charge on any atom is -0.468 e. The van der Waals surface area contributed by atoms with Crippen molar-refractivity contribution in [1.82, 2.24) is 4.90 Å². The lowest BCUT2D eigenvalue weighted by Gasteiger charge is -2.24. The molecule has 0 aliphatic rings. The van der Waals surface area contributed by atoms with Crippen molar-refractivity contribution in [3.8, 4) is 0 Å². The molecule has 0 bridgehead atoms. The van der Waals surface area contributed by atoms with Crippen LogP contribution >= 0.6 is 0 Å². The number of aliphatic hydroxyl groups is 1. The van der Waals surface area contributed by atoms with E-state index < -0.39 is 6.10 Å². The van der Waals surface area contributed by atoms with Crippen LogP contribution in [-0.2, 0) is 24.4 Å². The van der Waals surface area contributed by atoms with E-state index in [0.717, 1.165) is 18.1 Å². The molecular weight excluding hydrogens is 318 g/mol. The summed E-state index contributed by atoms with van der Waals surface area (Å²) in [6, 6.07) is 17.7. The molecule has 1 N–H and O–H groups in total. The lowest BCUT2D eigenvalue weighted by atomic mass is 10.2. The molecule has 5 nitrogen and oxygen atoms in total. The van der Waals surface area contributed by atoms with E-state index in [4.69, 9.17) is 13.6 Å². The van der Waals surface area contributed by atoms with Gasteiger partial charge in [0, 0.05) is 13.1 Å². The molecule has 0 aliphatic heterocycles.